The van der Waals surface area contributed by atoms with Gasteiger partial charge in [0.25, 0.3) is 0 Å². The molecule has 1 heterocycles. The summed E-state index contributed by atoms with van der Waals surface area (Å²) >= 11 is 6.00. The van der Waals surface area contributed by atoms with E-state index in [4.69, 9.17) is 16.3 Å². The highest BCUT2D eigenvalue weighted by Crippen LogP contribution is 2.23. The van der Waals surface area contributed by atoms with E-state index < -0.39 is 0 Å². The van der Waals surface area contributed by atoms with E-state index in [0.717, 1.165) is 11.0 Å². The maximum Gasteiger partial charge on any atom is 0.319 e. The average Bonchev–Trinajstić information content (AvgIpc) is 3.04. The molecule has 0 unspecified atom stereocenters. The molecule has 0 radical (unpaired) electrons. The molecule has 2 amide bonds. The van der Waals surface area contributed by atoms with Crippen LogP contribution in [0.3, 0.4) is 0 Å². The summed E-state index contributed by atoms with van der Waals surface area (Å²) in [7, 11) is 0. The van der Waals surface area contributed by atoms with Gasteiger partial charge in [-0.2, -0.15) is 0 Å². The smallest absolute Gasteiger partial charge is 0.319 e. The molecular weight excluding hydrogens is 328 g/mol. The third kappa shape index (κ3) is 4.17. The molecule has 1 aromatic heterocycles. The SMILES string of the molecule is O=C(NCCCOc1ccccc1Cl)Nc1ccc2nc[nH]c2c1. The summed E-state index contributed by atoms with van der Waals surface area (Å²) in [6.45, 7) is 0.979. The van der Waals surface area contributed by atoms with Crippen LogP contribution in [0.15, 0.2) is 48.8 Å². The van der Waals surface area contributed by atoms with Crippen molar-refractivity contribution in [3.05, 3.63) is 53.8 Å². The minimum atomic E-state index is -0.258. The van der Waals surface area contributed by atoms with Gasteiger partial charge in [-0.15, -0.1) is 0 Å². The predicted octanol–water partition coefficient (Wildman–Crippen LogP) is 3.81. The number of hydrogen-bond donors (Lipinski definition) is 3. The summed E-state index contributed by atoms with van der Waals surface area (Å²) in [6.07, 6.45) is 2.30. The van der Waals surface area contributed by atoms with Crippen molar-refractivity contribution < 1.29 is 9.53 Å². The fourth-order valence-electron chi connectivity index (χ4n) is 2.21. The van der Waals surface area contributed by atoms with Crippen LogP contribution < -0.4 is 15.4 Å². The lowest BCUT2D eigenvalue weighted by Gasteiger charge is -2.09. The number of aromatic nitrogens is 2. The molecule has 0 bridgehead atoms. The summed E-state index contributed by atoms with van der Waals surface area (Å²) in [5, 5.41) is 6.15. The van der Waals surface area contributed by atoms with Crippen LogP contribution in [-0.4, -0.2) is 29.2 Å². The number of carbonyl (C=O) groups is 1. The Labute approximate surface area is 144 Å². The Balaban J connectivity index is 1.39. The van der Waals surface area contributed by atoms with Gasteiger partial charge >= 0.3 is 6.03 Å². The number of anilines is 1. The van der Waals surface area contributed by atoms with E-state index in [-0.39, 0.29) is 6.03 Å². The second kappa shape index (κ2) is 7.70. The van der Waals surface area contributed by atoms with Gasteiger partial charge in [-0.1, -0.05) is 23.7 Å². The largest absolute Gasteiger partial charge is 0.492 e. The summed E-state index contributed by atoms with van der Waals surface area (Å²) in [5.74, 6) is 0.650. The molecule has 0 fully saturated rings. The molecule has 0 aliphatic rings. The van der Waals surface area contributed by atoms with Crippen LogP contribution in [0.4, 0.5) is 10.5 Å². The molecule has 124 valence electrons. The molecule has 0 aliphatic heterocycles. The van der Waals surface area contributed by atoms with Crippen molar-refractivity contribution >= 4 is 34.4 Å². The van der Waals surface area contributed by atoms with Crippen molar-refractivity contribution in [2.75, 3.05) is 18.5 Å². The van der Waals surface area contributed by atoms with Gasteiger partial charge in [-0.05, 0) is 36.8 Å². The molecule has 6 nitrogen and oxygen atoms in total. The number of aromatic amines is 1. The minimum Gasteiger partial charge on any atom is -0.492 e. The number of H-pyrrole nitrogens is 1. The van der Waals surface area contributed by atoms with E-state index in [2.05, 4.69) is 20.6 Å². The molecule has 7 heteroatoms. The first-order valence-corrected chi connectivity index (χ1v) is 7.95. The van der Waals surface area contributed by atoms with Gasteiger partial charge in [0, 0.05) is 12.2 Å². The van der Waals surface area contributed by atoms with Crippen LogP contribution in [0.2, 0.25) is 5.02 Å². The molecule has 0 aliphatic carbocycles. The summed E-state index contributed by atoms with van der Waals surface area (Å²) < 4.78 is 5.56. The lowest BCUT2D eigenvalue weighted by Crippen LogP contribution is -2.30. The monoisotopic (exact) mass is 344 g/mol. The lowest BCUT2D eigenvalue weighted by molar-refractivity contribution is 0.250. The normalized spacial score (nSPS) is 10.5. The average molecular weight is 345 g/mol. The van der Waals surface area contributed by atoms with E-state index in [9.17, 15) is 4.79 Å². The third-order valence-electron chi connectivity index (χ3n) is 3.38. The van der Waals surface area contributed by atoms with E-state index in [1.807, 2.05) is 36.4 Å². The molecule has 0 spiro atoms. The maximum atomic E-state index is 11.9. The number of nitrogens with one attached hydrogen (secondary N) is 3. The minimum absolute atomic E-state index is 0.258. The number of carbonyl (C=O) groups excluding carboxylic acids is 1. The van der Waals surface area contributed by atoms with Crippen molar-refractivity contribution in [1.29, 1.82) is 0 Å². The number of nitrogens with zero attached hydrogens (tertiary/aromatic N) is 1. The van der Waals surface area contributed by atoms with Crippen LogP contribution in [0.1, 0.15) is 6.42 Å². The molecule has 24 heavy (non-hydrogen) atoms. The van der Waals surface area contributed by atoms with Crippen molar-refractivity contribution in [2.45, 2.75) is 6.42 Å². The Bertz CT molecular complexity index is 834. The number of rotatable bonds is 6. The Morgan fingerprint density at radius 1 is 1.25 bits per heavy atom. The highest BCUT2D eigenvalue weighted by molar-refractivity contribution is 6.32. The zero-order valence-corrected chi connectivity index (χ0v) is 13.6. The van der Waals surface area contributed by atoms with Gasteiger partial charge in [0.2, 0.25) is 0 Å². The van der Waals surface area contributed by atoms with Crippen molar-refractivity contribution in [1.82, 2.24) is 15.3 Å². The number of benzene rings is 2. The van der Waals surface area contributed by atoms with Gasteiger partial charge in [-0.3, -0.25) is 0 Å². The van der Waals surface area contributed by atoms with E-state index in [1.165, 1.54) is 0 Å². The molecule has 0 saturated carbocycles. The van der Waals surface area contributed by atoms with Crippen LogP contribution in [0.25, 0.3) is 11.0 Å². The number of amides is 2. The number of imidazole rings is 1. The van der Waals surface area contributed by atoms with Crippen LogP contribution >= 0.6 is 11.6 Å². The summed E-state index contributed by atoms with van der Waals surface area (Å²) in [5.41, 5.74) is 2.44. The highest BCUT2D eigenvalue weighted by atomic mass is 35.5. The zero-order valence-electron chi connectivity index (χ0n) is 12.9. The van der Waals surface area contributed by atoms with E-state index in [1.54, 1.807) is 12.4 Å². The molecule has 3 N–H and O–H groups in total. The quantitative estimate of drug-likeness (QED) is 0.595. The van der Waals surface area contributed by atoms with Crippen LogP contribution in [-0.2, 0) is 0 Å². The van der Waals surface area contributed by atoms with Gasteiger partial charge < -0.3 is 20.4 Å². The Kier molecular flexibility index (Phi) is 5.18. The fourth-order valence-corrected chi connectivity index (χ4v) is 2.40. The van der Waals surface area contributed by atoms with Gasteiger partial charge in [0.15, 0.2) is 0 Å². The summed E-state index contributed by atoms with van der Waals surface area (Å²) in [4.78, 5) is 19.0. The first-order chi connectivity index (χ1) is 11.7. The van der Waals surface area contributed by atoms with Crippen molar-refractivity contribution in [3.63, 3.8) is 0 Å². The standard InChI is InChI=1S/C17H17ClN4O2/c18-13-4-1-2-5-16(13)24-9-3-8-19-17(23)22-12-6-7-14-15(10-12)21-11-20-14/h1-2,4-7,10-11H,3,8-9H2,(H,20,21)(H2,19,22,23). The Morgan fingerprint density at radius 3 is 3.00 bits per heavy atom. The third-order valence-corrected chi connectivity index (χ3v) is 3.69. The van der Waals surface area contributed by atoms with E-state index in [0.29, 0.717) is 36.0 Å². The van der Waals surface area contributed by atoms with Crippen LogP contribution in [0, 0.1) is 0 Å². The number of urea groups is 1. The number of hydrogen-bond acceptors (Lipinski definition) is 3. The number of ether oxygens (including phenoxy) is 1. The number of halogens is 1. The molecule has 3 rings (SSSR count). The molecule has 3 aromatic rings. The molecule has 0 saturated heterocycles. The molecular formula is C17H17ClN4O2. The molecule has 2 aromatic carbocycles. The van der Waals surface area contributed by atoms with Crippen molar-refractivity contribution in [2.24, 2.45) is 0 Å². The topological polar surface area (TPSA) is 79.0 Å². The van der Waals surface area contributed by atoms with Gasteiger partial charge in [-0.25, -0.2) is 9.78 Å². The zero-order chi connectivity index (χ0) is 16.8. The van der Waals surface area contributed by atoms with E-state index >= 15 is 0 Å². The lowest BCUT2D eigenvalue weighted by atomic mass is 10.3. The predicted molar refractivity (Wildman–Crippen MR) is 94.7 cm³/mol. The first kappa shape index (κ1) is 16.1. The highest BCUT2D eigenvalue weighted by Gasteiger charge is 2.04. The van der Waals surface area contributed by atoms with Gasteiger partial charge in [0.05, 0.1) is 29.0 Å². The Hall–Kier alpha value is -2.73. The second-order valence-corrected chi connectivity index (χ2v) is 5.56. The second-order valence-electron chi connectivity index (χ2n) is 5.15. The van der Waals surface area contributed by atoms with Crippen molar-refractivity contribution in [3.8, 4) is 5.75 Å². The summed E-state index contributed by atoms with van der Waals surface area (Å²) in [6, 6.07) is 12.5. The molecule has 0 atom stereocenters. The Morgan fingerprint density at radius 2 is 2.12 bits per heavy atom. The maximum absolute atomic E-state index is 11.9. The number of fused-ring (bicyclic) bond motifs is 1. The first-order valence-electron chi connectivity index (χ1n) is 7.58. The van der Waals surface area contributed by atoms with Crippen LogP contribution in [0.5, 0.6) is 5.75 Å². The number of para-hydroxylation sites is 1. The fraction of sp³-hybridized carbons (Fsp3) is 0.176. The van der Waals surface area contributed by atoms with Gasteiger partial charge in [0.1, 0.15) is 5.75 Å².